The summed E-state index contributed by atoms with van der Waals surface area (Å²) in [6.07, 6.45) is 5.42. The zero-order valence-corrected chi connectivity index (χ0v) is 18.0. The molecule has 2 amide bonds. The second-order valence-corrected chi connectivity index (χ2v) is 7.71. The number of hydrogen-bond acceptors (Lipinski definition) is 5. The molecule has 0 bridgehead atoms. The van der Waals surface area contributed by atoms with Crippen LogP contribution < -0.4 is 5.32 Å². The number of nitrogens with zero attached hydrogens (tertiary/aromatic N) is 3. The minimum Gasteiger partial charge on any atom is -0.361 e. The number of carbonyl (C=O) groups is 2. The van der Waals surface area contributed by atoms with Gasteiger partial charge in [-0.3, -0.25) is 19.6 Å². The Bertz CT molecular complexity index is 1070. The molecule has 0 spiro atoms. The first-order chi connectivity index (χ1) is 15.6. The van der Waals surface area contributed by atoms with Crippen LogP contribution in [0.25, 0.3) is 11.1 Å². The second kappa shape index (κ2) is 9.70. The van der Waals surface area contributed by atoms with Crippen LogP contribution in [-0.4, -0.2) is 58.5 Å². The Morgan fingerprint density at radius 2 is 1.84 bits per heavy atom. The third-order valence-corrected chi connectivity index (χ3v) is 5.59. The molecule has 7 nitrogen and oxygen atoms in total. The molecule has 1 aromatic carbocycles. The summed E-state index contributed by atoms with van der Waals surface area (Å²) in [5, 5.41) is 2.91. The van der Waals surface area contributed by atoms with Crippen LogP contribution in [0.3, 0.4) is 0 Å². The lowest BCUT2D eigenvalue weighted by molar-refractivity contribution is -0.157. The van der Waals surface area contributed by atoms with Gasteiger partial charge in [0.1, 0.15) is 5.69 Å². The second-order valence-electron chi connectivity index (χ2n) is 7.71. The largest absolute Gasteiger partial charge is 0.361 e. The van der Waals surface area contributed by atoms with Gasteiger partial charge in [0.25, 0.3) is 11.8 Å². The normalized spacial score (nSPS) is 18.2. The molecule has 4 rings (SSSR count). The Labute approximate surface area is 187 Å². The van der Waals surface area contributed by atoms with Crippen molar-refractivity contribution < 1.29 is 14.3 Å². The first-order valence-electron chi connectivity index (χ1n) is 10.7. The molecule has 0 saturated carbocycles. The molecule has 1 aliphatic rings. The summed E-state index contributed by atoms with van der Waals surface area (Å²) < 4.78 is 6.15. The highest BCUT2D eigenvalue weighted by atomic mass is 16.5. The molecular weight excluding hydrogens is 404 g/mol. The first kappa shape index (κ1) is 21.6. The number of likely N-dealkylation sites (N-methyl/N-ethyl adjacent to an activating group) is 1. The van der Waals surface area contributed by atoms with Crippen LogP contribution in [-0.2, 0) is 16.0 Å². The van der Waals surface area contributed by atoms with Gasteiger partial charge in [0.2, 0.25) is 0 Å². The van der Waals surface area contributed by atoms with Crippen LogP contribution in [0, 0.1) is 0 Å². The number of ether oxygens (including phenoxy) is 1. The number of amides is 2. The summed E-state index contributed by atoms with van der Waals surface area (Å²) in [5.74, 6) is -0.423. The minimum absolute atomic E-state index is 0.152. The van der Waals surface area contributed by atoms with Crippen LogP contribution in [0.2, 0.25) is 0 Å². The molecule has 2 aromatic heterocycles. The summed E-state index contributed by atoms with van der Waals surface area (Å²) in [4.78, 5) is 36.3. The Kier molecular flexibility index (Phi) is 6.56. The van der Waals surface area contributed by atoms with E-state index in [0.717, 1.165) is 16.7 Å². The molecule has 1 N–H and O–H groups in total. The van der Waals surface area contributed by atoms with E-state index in [0.29, 0.717) is 25.2 Å². The standard InChI is InChI=1S/C25H26N4O3/c1-2-27-24(31)25(17-20-7-3-4-8-21(20)19-10-13-26-14-11-19)18-29(15-16-32-25)23(30)22-9-5-6-12-28-22/h3-14H,2,15-18H2,1H3,(H,27,31). The molecule has 1 atom stereocenters. The fourth-order valence-corrected chi connectivity index (χ4v) is 4.05. The molecule has 1 unspecified atom stereocenters. The van der Waals surface area contributed by atoms with Crippen molar-refractivity contribution in [3.8, 4) is 11.1 Å². The fourth-order valence-electron chi connectivity index (χ4n) is 4.05. The van der Waals surface area contributed by atoms with Crippen LogP contribution in [0.15, 0.2) is 73.2 Å². The maximum atomic E-state index is 13.3. The minimum atomic E-state index is -1.19. The van der Waals surface area contributed by atoms with E-state index in [1.807, 2.05) is 43.3 Å². The van der Waals surface area contributed by atoms with Gasteiger partial charge in [-0.2, -0.15) is 0 Å². The number of rotatable bonds is 6. The number of hydrogen-bond donors (Lipinski definition) is 1. The maximum Gasteiger partial charge on any atom is 0.272 e. The highest BCUT2D eigenvalue weighted by Crippen LogP contribution is 2.30. The molecule has 32 heavy (non-hydrogen) atoms. The Morgan fingerprint density at radius 1 is 1.06 bits per heavy atom. The lowest BCUT2D eigenvalue weighted by Crippen LogP contribution is -2.62. The number of nitrogens with one attached hydrogen (secondary N) is 1. The quantitative estimate of drug-likeness (QED) is 0.650. The van der Waals surface area contributed by atoms with E-state index in [4.69, 9.17) is 4.74 Å². The Balaban J connectivity index is 1.68. The van der Waals surface area contributed by atoms with E-state index in [9.17, 15) is 9.59 Å². The average molecular weight is 431 g/mol. The van der Waals surface area contributed by atoms with Gasteiger partial charge in [-0.25, -0.2) is 0 Å². The van der Waals surface area contributed by atoms with E-state index in [1.54, 1.807) is 41.7 Å². The number of morpholine rings is 1. The molecule has 3 aromatic rings. The summed E-state index contributed by atoms with van der Waals surface area (Å²) in [6.45, 7) is 3.18. The van der Waals surface area contributed by atoms with E-state index < -0.39 is 5.60 Å². The van der Waals surface area contributed by atoms with Crippen molar-refractivity contribution in [1.29, 1.82) is 0 Å². The zero-order valence-electron chi connectivity index (χ0n) is 18.0. The number of carbonyl (C=O) groups excluding carboxylic acids is 2. The van der Waals surface area contributed by atoms with E-state index in [1.165, 1.54) is 0 Å². The molecule has 1 aliphatic heterocycles. The van der Waals surface area contributed by atoms with Gasteiger partial charge in [0.05, 0.1) is 13.2 Å². The van der Waals surface area contributed by atoms with Gasteiger partial charge in [0, 0.05) is 38.1 Å². The van der Waals surface area contributed by atoms with Crippen LogP contribution in [0.4, 0.5) is 0 Å². The van der Waals surface area contributed by atoms with Gasteiger partial charge >= 0.3 is 0 Å². The zero-order chi connectivity index (χ0) is 22.4. The number of aromatic nitrogens is 2. The monoisotopic (exact) mass is 430 g/mol. The van der Waals surface area contributed by atoms with Gasteiger partial charge in [-0.05, 0) is 47.9 Å². The SMILES string of the molecule is CCNC(=O)C1(Cc2ccccc2-c2ccncc2)CN(C(=O)c2ccccn2)CCO1. The molecule has 164 valence electrons. The lowest BCUT2D eigenvalue weighted by Gasteiger charge is -2.41. The Hall–Kier alpha value is -3.58. The number of benzene rings is 1. The summed E-state index contributed by atoms with van der Waals surface area (Å²) in [7, 11) is 0. The van der Waals surface area contributed by atoms with Crippen LogP contribution in [0.1, 0.15) is 23.0 Å². The predicted octanol–water partition coefficient (Wildman–Crippen LogP) is 2.73. The molecule has 7 heteroatoms. The molecule has 1 fully saturated rings. The van der Waals surface area contributed by atoms with Gasteiger partial charge in [-0.1, -0.05) is 30.3 Å². The van der Waals surface area contributed by atoms with Gasteiger partial charge in [-0.15, -0.1) is 0 Å². The van der Waals surface area contributed by atoms with Crippen LogP contribution >= 0.6 is 0 Å². The third kappa shape index (κ3) is 4.53. The van der Waals surface area contributed by atoms with Crippen molar-refractivity contribution in [1.82, 2.24) is 20.2 Å². The molecule has 1 saturated heterocycles. The van der Waals surface area contributed by atoms with Crippen molar-refractivity contribution in [3.63, 3.8) is 0 Å². The molecular formula is C25H26N4O3. The average Bonchev–Trinajstić information content (AvgIpc) is 2.85. The topological polar surface area (TPSA) is 84.4 Å². The maximum absolute atomic E-state index is 13.3. The van der Waals surface area contributed by atoms with Crippen molar-refractivity contribution in [2.24, 2.45) is 0 Å². The summed E-state index contributed by atoms with van der Waals surface area (Å²) in [5.41, 5.74) is 2.16. The van der Waals surface area contributed by atoms with Gasteiger partial charge < -0.3 is 15.0 Å². The van der Waals surface area contributed by atoms with Crippen molar-refractivity contribution >= 4 is 11.8 Å². The predicted molar refractivity (Wildman–Crippen MR) is 121 cm³/mol. The molecule has 3 heterocycles. The van der Waals surface area contributed by atoms with E-state index >= 15 is 0 Å². The highest BCUT2D eigenvalue weighted by molar-refractivity contribution is 5.94. The van der Waals surface area contributed by atoms with E-state index in [-0.39, 0.29) is 25.0 Å². The third-order valence-electron chi connectivity index (χ3n) is 5.59. The smallest absolute Gasteiger partial charge is 0.272 e. The lowest BCUT2D eigenvalue weighted by atomic mass is 9.87. The molecule has 0 radical (unpaired) electrons. The van der Waals surface area contributed by atoms with Crippen molar-refractivity contribution in [2.75, 3.05) is 26.2 Å². The summed E-state index contributed by atoms with van der Waals surface area (Å²) >= 11 is 0. The summed E-state index contributed by atoms with van der Waals surface area (Å²) in [6, 6.07) is 17.1. The van der Waals surface area contributed by atoms with Crippen molar-refractivity contribution in [2.45, 2.75) is 18.9 Å². The molecule has 0 aliphatic carbocycles. The number of pyridine rings is 2. The fraction of sp³-hybridized carbons (Fsp3) is 0.280. The van der Waals surface area contributed by atoms with Crippen LogP contribution in [0.5, 0.6) is 0 Å². The van der Waals surface area contributed by atoms with Crippen molar-refractivity contribution in [3.05, 3.63) is 84.4 Å². The van der Waals surface area contributed by atoms with E-state index in [2.05, 4.69) is 15.3 Å². The van der Waals surface area contributed by atoms with Gasteiger partial charge in [0.15, 0.2) is 5.60 Å². The Morgan fingerprint density at radius 3 is 2.59 bits per heavy atom. The highest BCUT2D eigenvalue weighted by Gasteiger charge is 2.45. The first-order valence-corrected chi connectivity index (χ1v) is 10.7.